The first-order valence-corrected chi connectivity index (χ1v) is 6.57. The van der Waals surface area contributed by atoms with E-state index in [-0.39, 0.29) is 12.2 Å². The lowest BCUT2D eigenvalue weighted by molar-refractivity contribution is -0.136. The SMILES string of the molecule is CC(=O)O.O=C(O)Cc1ccc(C(=O)c2ccc(Cl)cc2)[nH]1. The Hall–Kier alpha value is -2.60. The molecule has 0 aliphatic heterocycles. The fourth-order valence-corrected chi connectivity index (χ4v) is 1.72. The Bertz CT molecular complexity index is 671. The van der Waals surface area contributed by atoms with Gasteiger partial charge in [-0.15, -0.1) is 0 Å². The van der Waals surface area contributed by atoms with Crippen molar-refractivity contribution in [2.45, 2.75) is 13.3 Å². The zero-order valence-electron chi connectivity index (χ0n) is 11.7. The molecule has 0 amide bonds. The molecule has 0 fully saturated rings. The van der Waals surface area contributed by atoms with E-state index in [2.05, 4.69) is 4.98 Å². The molecule has 0 atom stereocenters. The van der Waals surface area contributed by atoms with Gasteiger partial charge >= 0.3 is 5.97 Å². The third-order valence-electron chi connectivity index (χ3n) is 2.44. The fourth-order valence-electron chi connectivity index (χ4n) is 1.60. The molecule has 0 aliphatic carbocycles. The number of halogens is 1. The summed E-state index contributed by atoms with van der Waals surface area (Å²) in [5, 5.41) is 16.6. The number of ketones is 1. The molecule has 0 unspecified atom stereocenters. The summed E-state index contributed by atoms with van der Waals surface area (Å²) in [6.07, 6.45) is -0.131. The Labute approximate surface area is 131 Å². The standard InChI is InChI=1S/C13H10ClNO3.C2H4O2/c14-9-3-1-8(2-4-9)13(18)11-6-5-10(15-11)7-12(16)17;1-2(3)4/h1-6,15H,7H2,(H,16,17);1H3,(H,3,4). The second kappa shape index (κ2) is 7.99. The van der Waals surface area contributed by atoms with Crippen molar-refractivity contribution in [3.05, 3.63) is 58.4 Å². The molecule has 3 N–H and O–H groups in total. The largest absolute Gasteiger partial charge is 0.481 e. The summed E-state index contributed by atoms with van der Waals surface area (Å²) in [5.41, 5.74) is 1.37. The lowest BCUT2D eigenvalue weighted by Crippen LogP contribution is -2.04. The number of carbonyl (C=O) groups excluding carboxylic acids is 1. The molecule has 6 nitrogen and oxygen atoms in total. The van der Waals surface area contributed by atoms with Crippen molar-refractivity contribution in [3.8, 4) is 0 Å². The predicted octanol–water partition coefficient (Wildman–Crippen LogP) is 2.62. The van der Waals surface area contributed by atoms with Crippen molar-refractivity contribution in [1.29, 1.82) is 0 Å². The molecule has 1 aromatic carbocycles. The molecule has 0 bridgehead atoms. The fraction of sp³-hybridized carbons (Fsp3) is 0.133. The van der Waals surface area contributed by atoms with Crippen molar-refractivity contribution in [2.24, 2.45) is 0 Å². The number of nitrogens with one attached hydrogen (secondary N) is 1. The summed E-state index contributed by atoms with van der Waals surface area (Å²) in [6, 6.07) is 9.70. The van der Waals surface area contributed by atoms with Crippen LogP contribution in [-0.2, 0) is 16.0 Å². The summed E-state index contributed by atoms with van der Waals surface area (Å²) in [6.45, 7) is 1.08. The highest BCUT2D eigenvalue weighted by atomic mass is 35.5. The number of hydrogen-bond donors (Lipinski definition) is 3. The Balaban J connectivity index is 0.000000541. The number of carboxylic acids is 2. The smallest absolute Gasteiger partial charge is 0.309 e. The van der Waals surface area contributed by atoms with Crippen molar-refractivity contribution in [3.63, 3.8) is 0 Å². The van der Waals surface area contributed by atoms with Crippen molar-refractivity contribution < 1.29 is 24.6 Å². The average molecular weight is 324 g/mol. The maximum Gasteiger partial charge on any atom is 0.309 e. The van der Waals surface area contributed by atoms with Crippen LogP contribution in [0, 0.1) is 0 Å². The molecule has 0 spiro atoms. The Morgan fingerprint density at radius 1 is 1.05 bits per heavy atom. The molecule has 116 valence electrons. The van der Waals surface area contributed by atoms with Gasteiger partial charge < -0.3 is 15.2 Å². The van der Waals surface area contributed by atoms with Crippen LogP contribution in [0.5, 0.6) is 0 Å². The van der Waals surface area contributed by atoms with Crippen molar-refractivity contribution in [1.82, 2.24) is 4.98 Å². The van der Waals surface area contributed by atoms with Gasteiger partial charge in [0, 0.05) is 23.2 Å². The van der Waals surface area contributed by atoms with Gasteiger partial charge in [0.25, 0.3) is 5.97 Å². The van der Waals surface area contributed by atoms with E-state index < -0.39 is 11.9 Å². The normalized spacial score (nSPS) is 9.55. The van der Waals surface area contributed by atoms with Crippen LogP contribution in [0.15, 0.2) is 36.4 Å². The van der Waals surface area contributed by atoms with Gasteiger partial charge in [0.15, 0.2) is 0 Å². The van der Waals surface area contributed by atoms with Crippen LogP contribution in [0.2, 0.25) is 5.02 Å². The number of rotatable bonds is 4. The van der Waals surface area contributed by atoms with Gasteiger partial charge in [-0.05, 0) is 36.4 Å². The lowest BCUT2D eigenvalue weighted by atomic mass is 10.1. The van der Waals surface area contributed by atoms with Gasteiger partial charge in [0.1, 0.15) is 0 Å². The summed E-state index contributed by atoms with van der Waals surface area (Å²) < 4.78 is 0. The maximum atomic E-state index is 12.0. The van der Waals surface area contributed by atoms with Crippen molar-refractivity contribution >= 4 is 29.3 Å². The van der Waals surface area contributed by atoms with Gasteiger partial charge in [-0.2, -0.15) is 0 Å². The van der Waals surface area contributed by atoms with Gasteiger partial charge in [-0.3, -0.25) is 14.4 Å². The third kappa shape index (κ3) is 5.80. The minimum absolute atomic E-state index is 0.131. The van der Waals surface area contributed by atoms with Crippen LogP contribution in [0.4, 0.5) is 0 Å². The maximum absolute atomic E-state index is 12.0. The van der Waals surface area contributed by atoms with Crippen molar-refractivity contribution in [2.75, 3.05) is 0 Å². The highest BCUT2D eigenvalue weighted by Gasteiger charge is 2.12. The van der Waals surface area contributed by atoms with Gasteiger partial charge in [0.05, 0.1) is 12.1 Å². The number of aliphatic carboxylic acids is 2. The minimum Gasteiger partial charge on any atom is -0.481 e. The number of benzene rings is 1. The summed E-state index contributed by atoms with van der Waals surface area (Å²) in [4.78, 5) is 34.4. The van der Waals surface area contributed by atoms with E-state index in [0.717, 1.165) is 6.92 Å². The molecule has 0 aliphatic rings. The van der Waals surface area contributed by atoms with Gasteiger partial charge in [-0.1, -0.05) is 11.6 Å². The van der Waals surface area contributed by atoms with E-state index in [4.69, 9.17) is 26.6 Å². The number of carboxylic acid groups (broad SMARTS) is 2. The van der Waals surface area contributed by atoms with Crippen LogP contribution in [0.1, 0.15) is 28.7 Å². The molecule has 0 radical (unpaired) electrons. The summed E-state index contributed by atoms with van der Waals surface area (Å²) in [5.74, 6) is -1.97. The zero-order valence-corrected chi connectivity index (χ0v) is 12.4. The molecule has 0 saturated heterocycles. The molecule has 0 saturated carbocycles. The molecule has 7 heteroatoms. The summed E-state index contributed by atoms with van der Waals surface area (Å²) in [7, 11) is 0. The lowest BCUT2D eigenvalue weighted by Gasteiger charge is -1.99. The van der Waals surface area contributed by atoms with Crippen LogP contribution >= 0.6 is 11.6 Å². The minimum atomic E-state index is -0.942. The summed E-state index contributed by atoms with van der Waals surface area (Å²) >= 11 is 5.74. The van der Waals surface area contributed by atoms with E-state index >= 15 is 0 Å². The second-order valence-corrected chi connectivity index (χ2v) is 4.76. The molecule has 1 heterocycles. The van der Waals surface area contributed by atoms with E-state index in [1.54, 1.807) is 36.4 Å². The monoisotopic (exact) mass is 323 g/mol. The highest BCUT2D eigenvalue weighted by Crippen LogP contribution is 2.14. The highest BCUT2D eigenvalue weighted by molar-refractivity contribution is 6.30. The van der Waals surface area contributed by atoms with Crippen LogP contribution in [-0.4, -0.2) is 32.9 Å². The van der Waals surface area contributed by atoms with E-state index in [0.29, 0.717) is 22.0 Å². The van der Waals surface area contributed by atoms with Crippen LogP contribution in [0.25, 0.3) is 0 Å². The molecule has 1 aromatic heterocycles. The topological polar surface area (TPSA) is 107 Å². The Morgan fingerprint density at radius 3 is 2.09 bits per heavy atom. The number of aromatic amines is 1. The number of H-pyrrole nitrogens is 1. The van der Waals surface area contributed by atoms with Crippen LogP contribution < -0.4 is 0 Å². The number of hydrogen-bond acceptors (Lipinski definition) is 3. The van der Waals surface area contributed by atoms with E-state index in [1.165, 1.54) is 0 Å². The van der Waals surface area contributed by atoms with Gasteiger partial charge in [0.2, 0.25) is 5.78 Å². The van der Waals surface area contributed by atoms with Gasteiger partial charge in [-0.25, -0.2) is 0 Å². The number of carbonyl (C=O) groups is 3. The molecule has 2 aromatic rings. The first-order valence-electron chi connectivity index (χ1n) is 6.19. The molecule has 2 rings (SSSR count). The predicted molar refractivity (Wildman–Crippen MR) is 80.3 cm³/mol. The molecular formula is C15H14ClNO5. The first-order chi connectivity index (χ1) is 10.3. The zero-order chi connectivity index (χ0) is 16.7. The number of aromatic nitrogens is 1. The third-order valence-corrected chi connectivity index (χ3v) is 2.69. The quantitative estimate of drug-likeness (QED) is 0.750. The average Bonchev–Trinajstić information content (AvgIpc) is 2.85. The second-order valence-electron chi connectivity index (χ2n) is 4.32. The van der Waals surface area contributed by atoms with Crippen LogP contribution in [0.3, 0.4) is 0 Å². The Kier molecular flexibility index (Phi) is 6.34. The molecular weight excluding hydrogens is 310 g/mol. The van der Waals surface area contributed by atoms with E-state index in [1.807, 2.05) is 0 Å². The molecule has 22 heavy (non-hydrogen) atoms. The first kappa shape index (κ1) is 17.5. The Morgan fingerprint density at radius 2 is 1.59 bits per heavy atom. The van der Waals surface area contributed by atoms with E-state index in [9.17, 15) is 9.59 Å².